The predicted molar refractivity (Wildman–Crippen MR) is 123 cm³/mol. The fraction of sp³-hybridized carbons (Fsp3) is 0.273. The third kappa shape index (κ3) is 3.74. The van der Waals surface area contributed by atoms with Gasteiger partial charge in [-0.3, -0.25) is 9.20 Å². The highest BCUT2D eigenvalue weighted by atomic mass is 32.5. The van der Waals surface area contributed by atoms with E-state index in [-0.39, 0.29) is 23.5 Å². The standard InChI is InChI=1S/C22H21F5N6OS/c1-22(2)8-18(13-5-4-12(6-14(13)22)35(23,24,25,26)27)32(3)21(34)15-7-17-16(9-30-15)31-20(28)19-10-29-11-33(17)19/h4-7,9-11,18H,8H2,1-3H3,(H2,28,31)/t18-/m1/s1. The summed E-state index contributed by atoms with van der Waals surface area (Å²) >= 11 is 0. The molecule has 1 aromatic carbocycles. The lowest BCUT2D eigenvalue weighted by Gasteiger charge is -2.41. The van der Waals surface area contributed by atoms with Crippen LogP contribution in [0.3, 0.4) is 0 Å². The zero-order chi connectivity index (χ0) is 25.6. The van der Waals surface area contributed by atoms with Gasteiger partial charge in [-0.05, 0) is 41.2 Å². The predicted octanol–water partition coefficient (Wildman–Crippen LogP) is 6.01. The number of carbonyl (C=O) groups is 1. The van der Waals surface area contributed by atoms with Crippen molar-refractivity contribution in [2.24, 2.45) is 0 Å². The van der Waals surface area contributed by atoms with E-state index >= 15 is 0 Å². The number of aromatic nitrogens is 4. The number of benzene rings is 1. The maximum Gasteiger partial charge on any atom is 0.310 e. The maximum atomic E-state index is 13.4. The number of carbonyl (C=O) groups excluding carboxylic acids is 1. The Morgan fingerprint density at radius 3 is 2.54 bits per heavy atom. The van der Waals surface area contributed by atoms with E-state index in [1.54, 1.807) is 18.2 Å². The number of nitrogens with zero attached hydrogens (tertiary/aromatic N) is 5. The number of hydrogen-bond donors (Lipinski definition) is 1. The van der Waals surface area contributed by atoms with Crippen molar-refractivity contribution >= 4 is 38.5 Å². The smallest absolute Gasteiger partial charge is 0.310 e. The van der Waals surface area contributed by atoms with Crippen LogP contribution < -0.4 is 5.73 Å². The topological polar surface area (TPSA) is 89.4 Å². The Kier molecular flexibility index (Phi) is 4.25. The number of pyridine rings is 1. The van der Waals surface area contributed by atoms with Crippen molar-refractivity contribution in [1.82, 2.24) is 24.3 Å². The molecule has 186 valence electrons. The minimum absolute atomic E-state index is 0.0801. The van der Waals surface area contributed by atoms with Crippen LogP contribution in [0.4, 0.5) is 25.2 Å². The Balaban J connectivity index is 1.54. The van der Waals surface area contributed by atoms with Gasteiger partial charge >= 0.3 is 10.2 Å². The van der Waals surface area contributed by atoms with Crippen LogP contribution in [0.1, 0.15) is 47.9 Å². The Hall–Kier alpha value is -3.48. The average molecular weight is 513 g/mol. The van der Waals surface area contributed by atoms with Gasteiger partial charge in [-0.2, -0.15) is 0 Å². The molecule has 1 aliphatic rings. The van der Waals surface area contributed by atoms with Crippen LogP contribution in [0.5, 0.6) is 0 Å². The van der Waals surface area contributed by atoms with Gasteiger partial charge in [-0.25, -0.2) is 15.0 Å². The monoisotopic (exact) mass is 512 g/mol. The Morgan fingerprint density at radius 1 is 1.14 bits per heavy atom. The molecule has 35 heavy (non-hydrogen) atoms. The number of fused-ring (bicyclic) bond motifs is 4. The van der Waals surface area contributed by atoms with E-state index in [0.29, 0.717) is 34.2 Å². The van der Waals surface area contributed by atoms with Gasteiger partial charge in [0.1, 0.15) is 27.4 Å². The van der Waals surface area contributed by atoms with Crippen LogP contribution in [-0.4, -0.2) is 37.2 Å². The summed E-state index contributed by atoms with van der Waals surface area (Å²) in [6, 6.07) is 2.87. The van der Waals surface area contributed by atoms with E-state index < -0.39 is 32.5 Å². The van der Waals surface area contributed by atoms with Crippen molar-refractivity contribution in [3.8, 4) is 0 Å². The quantitative estimate of drug-likeness (QED) is 0.340. The molecule has 1 atom stereocenters. The second-order valence-electron chi connectivity index (χ2n) is 9.44. The normalized spacial score (nSPS) is 19.4. The first-order chi connectivity index (χ1) is 16.0. The molecule has 0 radical (unpaired) electrons. The van der Waals surface area contributed by atoms with E-state index in [9.17, 15) is 24.2 Å². The summed E-state index contributed by atoms with van der Waals surface area (Å²) in [6.45, 7) is 3.33. The van der Waals surface area contributed by atoms with Gasteiger partial charge in [0.25, 0.3) is 5.91 Å². The molecule has 5 rings (SSSR count). The van der Waals surface area contributed by atoms with E-state index in [4.69, 9.17) is 5.73 Å². The first-order valence-corrected chi connectivity index (χ1v) is 12.4. The highest BCUT2D eigenvalue weighted by Crippen LogP contribution is 3.02. The molecule has 0 saturated carbocycles. The molecule has 13 heteroatoms. The summed E-state index contributed by atoms with van der Waals surface area (Å²) in [5.41, 5.74) is 7.23. The van der Waals surface area contributed by atoms with Gasteiger partial charge in [0.2, 0.25) is 0 Å². The molecule has 4 aromatic rings. The molecule has 1 aliphatic carbocycles. The molecule has 0 spiro atoms. The second-order valence-corrected chi connectivity index (χ2v) is 11.9. The van der Waals surface area contributed by atoms with E-state index in [2.05, 4.69) is 15.0 Å². The van der Waals surface area contributed by atoms with Crippen molar-refractivity contribution < 1.29 is 24.2 Å². The summed E-state index contributed by atoms with van der Waals surface area (Å²) in [7, 11) is -8.33. The summed E-state index contributed by atoms with van der Waals surface area (Å²) in [4.78, 5) is 25.3. The number of hydrogen-bond acceptors (Lipinski definition) is 5. The van der Waals surface area contributed by atoms with Crippen molar-refractivity contribution in [3.63, 3.8) is 0 Å². The molecule has 0 fully saturated rings. The van der Waals surface area contributed by atoms with Gasteiger partial charge < -0.3 is 10.6 Å². The average Bonchev–Trinajstić information content (AvgIpc) is 3.34. The third-order valence-corrected chi connectivity index (χ3v) is 7.68. The molecule has 0 unspecified atom stereocenters. The number of nitrogens with two attached hydrogens (primary N) is 1. The van der Waals surface area contributed by atoms with Gasteiger partial charge in [-0.1, -0.05) is 39.3 Å². The largest absolute Gasteiger partial charge is 0.382 e. The van der Waals surface area contributed by atoms with E-state index in [1.165, 1.54) is 36.7 Å². The summed E-state index contributed by atoms with van der Waals surface area (Å²) in [5, 5.41) is 0. The summed E-state index contributed by atoms with van der Waals surface area (Å²) in [5.74, 6) is -0.230. The number of imidazole rings is 1. The SMILES string of the molecule is CN(C(=O)c1cc2c(cn1)nc(N)c1cncn12)[C@@H]1CC(C)(C)c2cc(S(F)(F)(F)(F)F)ccc21. The molecule has 0 saturated heterocycles. The molecular weight excluding hydrogens is 491 g/mol. The van der Waals surface area contributed by atoms with Gasteiger partial charge in [0.15, 0.2) is 0 Å². The zero-order valence-corrected chi connectivity index (χ0v) is 19.7. The van der Waals surface area contributed by atoms with Gasteiger partial charge in [0, 0.05) is 7.05 Å². The molecular formula is C22H21F5N6OS. The minimum atomic E-state index is -9.84. The van der Waals surface area contributed by atoms with Crippen LogP contribution >= 0.6 is 10.2 Å². The van der Waals surface area contributed by atoms with Crippen molar-refractivity contribution in [2.75, 3.05) is 12.8 Å². The lowest BCUT2D eigenvalue weighted by atomic mass is 9.86. The molecule has 0 aliphatic heterocycles. The molecule has 0 bridgehead atoms. The number of halogens is 5. The van der Waals surface area contributed by atoms with Crippen molar-refractivity contribution in [3.05, 3.63) is 59.8 Å². The summed E-state index contributed by atoms with van der Waals surface area (Å²) < 4.78 is 68.8. The molecule has 7 nitrogen and oxygen atoms in total. The van der Waals surface area contributed by atoms with Gasteiger partial charge in [0.05, 0.1) is 30.3 Å². The lowest BCUT2D eigenvalue weighted by molar-refractivity contribution is 0.0714. The minimum Gasteiger partial charge on any atom is -0.382 e. The van der Waals surface area contributed by atoms with Crippen molar-refractivity contribution in [1.29, 1.82) is 0 Å². The highest BCUT2D eigenvalue weighted by molar-refractivity contribution is 8.45. The highest BCUT2D eigenvalue weighted by Gasteiger charge is 2.65. The molecule has 3 aromatic heterocycles. The molecule has 1 amide bonds. The molecule has 3 heterocycles. The fourth-order valence-electron chi connectivity index (χ4n) is 4.72. The number of nitrogen functional groups attached to an aromatic ring is 1. The maximum absolute atomic E-state index is 13.4. The third-order valence-electron chi connectivity index (χ3n) is 6.53. The summed E-state index contributed by atoms with van der Waals surface area (Å²) in [6.07, 6.45) is 4.72. The Bertz CT molecular complexity index is 1550. The van der Waals surface area contributed by atoms with Gasteiger partial charge in [-0.15, -0.1) is 0 Å². The van der Waals surface area contributed by atoms with Crippen LogP contribution in [0, 0.1) is 0 Å². The van der Waals surface area contributed by atoms with Crippen LogP contribution in [0.2, 0.25) is 0 Å². The van der Waals surface area contributed by atoms with Crippen LogP contribution in [0.25, 0.3) is 16.6 Å². The second kappa shape index (κ2) is 6.39. The zero-order valence-electron chi connectivity index (χ0n) is 18.8. The van der Waals surface area contributed by atoms with Crippen LogP contribution in [0.15, 0.2) is 47.9 Å². The van der Waals surface area contributed by atoms with E-state index in [0.717, 1.165) is 6.07 Å². The molecule has 2 N–H and O–H groups in total. The number of rotatable bonds is 3. The van der Waals surface area contributed by atoms with E-state index in [1.807, 2.05) is 0 Å². The lowest BCUT2D eigenvalue weighted by Crippen LogP contribution is -2.31. The number of amides is 1. The number of anilines is 1. The first-order valence-electron chi connectivity index (χ1n) is 10.5. The van der Waals surface area contributed by atoms with Crippen LogP contribution in [-0.2, 0) is 5.41 Å². The van der Waals surface area contributed by atoms with Crippen molar-refractivity contribution in [2.45, 2.75) is 36.6 Å². The Morgan fingerprint density at radius 2 is 1.86 bits per heavy atom. The fourth-order valence-corrected chi connectivity index (χ4v) is 5.39. The Labute approximate surface area is 196 Å². The first kappa shape index (κ1) is 23.3.